The van der Waals surface area contributed by atoms with Gasteiger partial charge in [0.1, 0.15) is 11.9 Å². The summed E-state index contributed by atoms with van der Waals surface area (Å²) in [6.45, 7) is 2.17. The molecular weight excluding hydrogens is 228 g/mol. The van der Waals surface area contributed by atoms with Gasteiger partial charge in [-0.25, -0.2) is 0 Å². The minimum atomic E-state index is -0.219. The van der Waals surface area contributed by atoms with E-state index in [1.807, 2.05) is 24.3 Å². The summed E-state index contributed by atoms with van der Waals surface area (Å²) in [7, 11) is 0. The van der Waals surface area contributed by atoms with E-state index in [0.717, 1.165) is 12.2 Å². The fourth-order valence-corrected chi connectivity index (χ4v) is 2.84. The summed E-state index contributed by atoms with van der Waals surface area (Å²) in [4.78, 5) is 11.0. The molecule has 1 aliphatic heterocycles. The molecule has 0 unspecified atom stereocenters. The van der Waals surface area contributed by atoms with Crippen LogP contribution in [0.4, 0.5) is 0 Å². The average molecular weight is 244 g/mol. The van der Waals surface area contributed by atoms with Gasteiger partial charge in [0.05, 0.1) is 6.61 Å². The number of hydrogen-bond acceptors (Lipinski definition) is 3. The molecule has 94 valence electrons. The Morgan fingerprint density at radius 2 is 2.17 bits per heavy atom. The van der Waals surface area contributed by atoms with Crippen LogP contribution in [0.25, 0.3) is 0 Å². The third-order valence-electron chi connectivity index (χ3n) is 3.64. The molecule has 0 N–H and O–H groups in total. The number of ether oxygens (including phenoxy) is 2. The average Bonchev–Trinajstić information content (AvgIpc) is 2.38. The number of carbonyl (C=O) groups excluding carboxylic acids is 1. The molecule has 0 bridgehead atoms. The van der Waals surface area contributed by atoms with Crippen LogP contribution in [0.3, 0.4) is 0 Å². The highest BCUT2D eigenvalue weighted by molar-refractivity contribution is 5.66. The molecule has 1 aromatic rings. The van der Waals surface area contributed by atoms with Gasteiger partial charge in [-0.05, 0) is 24.1 Å². The second-order valence-corrected chi connectivity index (χ2v) is 4.89. The Morgan fingerprint density at radius 3 is 3.00 bits per heavy atom. The molecule has 1 aliphatic carbocycles. The van der Waals surface area contributed by atoms with Crippen LogP contribution < -0.4 is 4.74 Å². The molecule has 0 aromatic heterocycles. The van der Waals surface area contributed by atoms with Gasteiger partial charge >= 0.3 is 5.97 Å². The van der Waals surface area contributed by atoms with Crippen LogP contribution in [-0.2, 0) is 9.53 Å². The molecule has 0 saturated carbocycles. The van der Waals surface area contributed by atoms with Crippen molar-refractivity contribution in [1.82, 2.24) is 0 Å². The Bertz CT molecular complexity index is 492. The first-order valence-electron chi connectivity index (χ1n) is 6.31. The lowest BCUT2D eigenvalue weighted by atomic mass is 9.77. The van der Waals surface area contributed by atoms with Gasteiger partial charge in [0.25, 0.3) is 0 Å². The monoisotopic (exact) mass is 244 g/mol. The van der Waals surface area contributed by atoms with Crippen molar-refractivity contribution < 1.29 is 14.3 Å². The maximum Gasteiger partial charge on any atom is 0.303 e. The summed E-state index contributed by atoms with van der Waals surface area (Å²) >= 11 is 0. The Hall–Kier alpha value is -1.77. The van der Waals surface area contributed by atoms with E-state index >= 15 is 0 Å². The smallest absolute Gasteiger partial charge is 0.303 e. The van der Waals surface area contributed by atoms with Crippen LogP contribution in [0.1, 0.15) is 24.8 Å². The van der Waals surface area contributed by atoms with Crippen molar-refractivity contribution in [2.75, 3.05) is 6.61 Å². The Morgan fingerprint density at radius 1 is 1.33 bits per heavy atom. The van der Waals surface area contributed by atoms with E-state index in [0.29, 0.717) is 18.4 Å². The van der Waals surface area contributed by atoms with Crippen molar-refractivity contribution in [2.24, 2.45) is 5.92 Å². The van der Waals surface area contributed by atoms with Gasteiger partial charge in [0.2, 0.25) is 0 Å². The van der Waals surface area contributed by atoms with Gasteiger partial charge < -0.3 is 9.47 Å². The number of hydrogen-bond donors (Lipinski definition) is 0. The van der Waals surface area contributed by atoms with Crippen LogP contribution in [-0.4, -0.2) is 18.7 Å². The first-order valence-corrected chi connectivity index (χ1v) is 6.31. The summed E-state index contributed by atoms with van der Waals surface area (Å²) in [6, 6.07) is 8.13. The number of rotatable bonds is 1. The highest BCUT2D eigenvalue weighted by Crippen LogP contribution is 2.42. The summed E-state index contributed by atoms with van der Waals surface area (Å²) < 4.78 is 11.0. The zero-order chi connectivity index (χ0) is 12.5. The van der Waals surface area contributed by atoms with Crippen LogP contribution in [0.15, 0.2) is 36.4 Å². The molecule has 0 amide bonds. The quantitative estimate of drug-likeness (QED) is 0.563. The van der Waals surface area contributed by atoms with Gasteiger partial charge in [0, 0.05) is 18.8 Å². The Balaban J connectivity index is 1.87. The zero-order valence-electron chi connectivity index (χ0n) is 10.3. The molecule has 1 aromatic carbocycles. The molecular formula is C15H16O3. The predicted octanol–water partition coefficient (Wildman–Crippen LogP) is 2.67. The molecule has 3 heteroatoms. The predicted molar refractivity (Wildman–Crippen MR) is 67.5 cm³/mol. The number of fused-ring (bicyclic) bond motifs is 3. The largest absolute Gasteiger partial charge is 0.493 e. The van der Waals surface area contributed by atoms with Crippen molar-refractivity contribution in [3.8, 4) is 5.75 Å². The van der Waals surface area contributed by atoms with Gasteiger partial charge in [-0.3, -0.25) is 4.79 Å². The van der Waals surface area contributed by atoms with Crippen LogP contribution >= 0.6 is 0 Å². The number of carbonyl (C=O) groups is 1. The molecule has 0 radical (unpaired) electrons. The zero-order valence-corrected chi connectivity index (χ0v) is 10.3. The molecule has 18 heavy (non-hydrogen) atoms. The topological polar surface area (TPSA) is 35.5 Å². The van der Waals surface area contributed by atoms with E-state index in [4.69, 9.17) is 9.47 Å². The molecule has 0 saturated heterocycles. The van der Waals surface area contributed by atoms with Crippen molar-refractivity contribution in [3.63, 3.8) is 0 Å². The van der Waals surface area contributed by atoms with Gasteiger partial charge in [-0.1, -0.05) is 24.3 Å². The number of benzene rings is 1. The summed E-state index contributed by atoms with van der Waals surface area (Å²) in [5, 5.41) is 0. The van der Waals surface area contributed by atoms with Crippen molar-refractivity contribution in [1.29, 1.82) is 0 Å². The lowest BCUT2D eigenvalue weighted by molar-refractivity contribution is -0.144. The van der Waals surface area contributed by atoms with Crippen molar-refractivity contribution in [2.45, 2.75) is 25.4 Å². The highest BCUT2D eigenvalue weighted by atomic mass is 16.5. The minimum absolute atomic E-state index is 0.102. The van der Waals surface area contributed by atoms with E-state index in [1.165, 1.54) is 12.5 Å². The summed E-state index contributed by atoms with van der Waals surface area (Å²) in [6.07, 6.45) is 4.86. The summed E-state index contributed by atoms with van der Waals surface area (Å²) in [5.74, 6) is 1.54. The Labute approximate surface area is 106 Å². The molecule has 3 atom stereocenters. The SMILES string of the molecule is CC(=O)O[C@H]1C=C[C@@H]2COc3ccccc3[C@@H]2C1. The third-order valence-corrected chi connectivity index (χ3v) is 3.64. The van der Waals surface area contributed by atoms with E-state index in [1.54, 1.807) is 0 Å². The molecule has 3 nitrogen and oxygen atoms in total. The maximum atomic E-state index is 11.0. The van der Waals surface area contributed by atoms with E-state index in [-0.39, 0.29) is 12.1 Å². The van der Waals surface area contributed by atoms with Gasteiger partial charge in [-0.2, -0.15) is 0 Å². The van der Waals surface area contributed by atoms with Crippen LogP contribution in [0.2, 0.25) is 0 Å². The highest BCUT2D eigenvalue weighted by Gasteiger charge is 2.34. The first kappa shape index (κ1) is 11.3. The third kappa shape index (κ3) is 2.01. The van der Waals surface area contributed by atoms with Crippen molar-refractivity contribution >= 4 is 5.97 Å². The van der Waals surface area contributed by atoms with Gasteiger partial charge in [-0.15, -0.1) is 0 Å². The molecule has 2 aliphatic rings. The Kier molecular flexibility index (Phi) is 2.82. The molecule has 3 rings (SSSR count). The fraction of sp³-hybridized carbons (Fsp3) is 0.400. The van der Waals surface area contributed by atoms with E-state index < -0.39 is 0 Å². The van der Waals surface area contributed by atoms with Crippen LogP contribution in [0, 0.1) is 5.92 Å². The molecule has 0 spiro atoms. The minimum Gasteiger partial charge on any atom is -0.493 e. The van der Waals surface area contributed by atoms with Gasteiger partial charge in [0.15, 0.2) is 0 Å². The summed E-state index contributed by atoms with van der Waals surface area (Å²) in [5.41, 5.74) is 1.23. The van der Waals surface area contributed by atoms with Crippen LogP contribution in [0.5, 0.6) is 5.75 Å². The number of esters is 1. The second-order valence-electron chi connectivity index (χ2n) is 4.89. The first-order chi connectivity index (χ1) is 8.74. The fourth-order valence-electron chi connectivity index (χ4n) is 2.84. The van der Waals surface area contributed by atoms with Crippen molar-refractivity contribution in [3.05, 3.63) is 42.0 Å². The second kappa shape index (κ2) is 4.48. The van der Waals surface area contributed by atoms with E-state index in [9.17, 15) is 4.79 Å². The standard InChI is InChI=1S/C15H16O3/c1-10(16)18-12-7-6-11-9-17-15-5-3-2-4-13(15)14(11)8-12/h2-7,11-12,14H,8-9H2,1H3/t11-,12+,14-/m1/s1. The molecule has 1 heterocycles. The normalized spacial score (nSPS) is 28.8. The van der Waals surface area contributed by atoms with E-state index in [2.05, 4.69) is 12.1 Å². The lowest BCUT2D eigenvalue weighted by Gasteiger charge is -2.36. The molecule has 0 fully saturated rings. The number of para-hydroxylation sites is 1. The lowest BCUT2D eigenvalue weighted by Crippen LogP contribution is -2.31. The maximum absolute atomic E-state index is 11.0.